The van der Waals surface area contributed by atoms with E-state index in [9.17, 15) is 4.79 Å². The van der Waals surface area contributed by atoms with Crippen LogP contribution in [0.25, 0.3) is 0 Å². The van der Waals surface area contributed by atoms with Crippen LogP contribution in [-0.2, 0) is 9.53 Å². The molecule has 0 bridgehead atoms. The van der Waals surface area contributed by atoms with Crippen LogP contribution >= 0.6 is 0 Å². The number of carbonyl (C=O) groups excluding carboxylic acids is 1. The third kappa shape index (κ3) is 5.44. The minimum absolute atomic E-state index is 0.117. The number of anilines is 2. The molecule has 0 saturated heterocycles. The number of carbonyl (C=O) groups is 1. The Morgan fingerprint density at radius 3 is 2.58 bits per heavy atom. The molecule has 128 valence electrons. The van der Waals surface area contributed by atoms with E-state index in [0.29, 0.717) is 30.3 Å². The summed E-state index contributed by atoms with van der Waals surface area (Å²) in [6.45, 7) is 1.15. The van der Waals surface area contributed by atoms with Crippen LogP contribution in [0.1, 0.15) is 0 Å². The van der Waals surface area contributed by atoms with Gasteiger partial charge in [-0.05, 0) is 24.3 Å². The molecule has 0 spiro atoms. The molecule has 1 aromatic carbocycles. The van der Waals surface area contributed by atoms with Crippen molar-refractivity contribution >= 4 is 17.4 Å². The molecule has 0 aliphatic heterocycles. The molecule has 1 aromatic heterocycles. The SMILES string of the molecule is COCCNc1ccc(NC(=O)COc2ccccc2OC)cn1. The van der Waals surface area contributed by atoms with E-state index in [2.05, 4.69) is 15.6 Å². The van der Waals surface area contributed by atoms with E-state index in [-0.39, 0.29) is 12.5 Å². The monoisotopic (exact) mass is 331 g/mol. The number of pyridine rings is 1. The Bertz CT molecular complexity index is 647. The Kier molecular flexibility index (Phi) is 6.85. The fourth-order valence-electron chi connectivity index (χ4n) is 1.93. The topological polar surface area (TPSA) is 81.7 Å². The maximum Gasteiger partial charge on any atom is 0.262 e. The Morgan fingerprint density at radius 2 is 1.92 bits per heavy atom. The van der Waals surface area contributed by atoms with Crippen LogP contribution in [0.2, 0.25) is 0 Å². The lowest BCUT2D eigenvalue weighted by Crippen LogP contribution is -2.20. The summed E-state index contributed by atoms with van der Waals surface area (Å²) in [6.07, 6.45) is 1.58. The van der Waals surface area contributed by atoms with Gasteiger partial charge in [-0.25, -0.2) is 4.98 Å². The number of benzene rings is 1. The quantitative estimate of drug-likeness (QED) is 0.685. The van der Waals surface area contributed by atoms with E-state index in [1.807, 2.05) is 12.1 Å². The summed E-state index contributed by atoms with van der Waals surface area (Å²) in [6, 6.07) is 10.7. The molecule has 0 radical (unpaired) electrons. The second-order valence-corrected chi connectivity index (χ2v) is 4.84. The maximum absolute atomic E-state index is 11.9. The van der Waals surface area contributed by atoms with E-state index in [0.717, 1.165) is 5.82 Å². The van der Waals surface area contributed by atoms with Crippen LogP contribution in [0, 0.1) is 0 Å². The number of hydrogen-bond donors (Lipinski definition) is 2. The number of ether oxygens (including phenoxy) is 3. The number of methoxy groups -OCH3 is 2. The van der Waals surface area contributed by atoms with Crippen LogP contribution in [-0.4, -0.2) is 44.9 Å². The van der Waals surface area contributed by atoms with Crippen LogP contribution in [0.3, 0.4) is 0 Å². The molecule has 1 heterocycles. The highest BCUT2D eigenvalue weighted by Gasteiger charge is 2.07. The van der Waals surface area contributed by atoms with Crippen molar-refractivity contribution in [3.05, 3.63) is 42.6 Å². The number of para-hydroxylation sites is 2. The largest absolute Gasteiger partial charge is 0.493 e. The zero-order valence-corrected chi connectivity index (χ0v) is 13.7. The number of hydrogen-bond acceptors (Lipinski definition) is 6. The molecule has 24 heavy (non-hydrogen) atoms. The fraction of sp³-hybridized carbons (Fsp3) is 0.294. The highest BCUT2D eigenvalue weighted by atomic mass is 16.5. The van der Waals surface area contributed by atoms with Gasteiger partial charge < -0.3 is 24.8 Å². The van der Waals surface area contributed by atoms with E-state index in [1.165, 1.54) is 0 Å². The first-order chi connectivity index (χ1) is 11.7. The lowest BCUT2D eigenvalue weighted by molar-refractivity contribution is -0.118. The lowest BCUT2D eigenvalue weighted by Gasteiger charge is -2.11. The van der Waals surface area contributed by atoms with Crippen LogP contribution < -0.4 is 20.1 Å². The van der Waals surface area contributed by atoms with Crippen molar-refractivity contribution in [3.63, 3.8) is 0 Å². The molecule has 0 saturated carbocycles. The molecule has 2 N–H and O–H groups in total. The number of nitrogens with one attached hydrogen (secondary N) is 2. The number of amides is 1. The summed E-state index contributed by atoms with van der Waals surface area (Å²) >= 11 is 0. The van der Waals surface area contributed by atoms with Gasteiger partial charge in [-0.2, -0.15) is 0 Å². The summed E-state index contributed by atoms with van der Waals surface area (Å²) in [7, 11) is 3.19. The van der Waals surface area contributed by atoms with E-state index in [1.54, 1.807) is 44.7 Å². The molecule has 7 heteroatoms. The first-order valence-corrected chi connectivity index (χ1v) is 7.47. The molecular formula is C17H21N3O4. The summed E-state index contributed by atoms with van der Waals surface area (Å²) in [4.78, 5) is 16.2. The van der Waals surface area contributed by atoms with Gasteiger partial charge in [0.25, 0.3) is 5.91 Å². The Labute approximate surface area is 140 Å². The van der Waals surface area contributed by atoms with E-state index < -0.39 is 0 Å². The molecular weight excluding hydrogens is 310 g/mol. The van der Waals surface area contributed by atoms with Gasteiger partial charge in [0.05, 0.1) is 25.6 Å². The molecule has 7 nitrogen and oxygen atoms in total. The van der Waals surface area contributed by atoms with E-state index in [4.69, 9.17) is 14.2 Å². The number of aromatic nitrogens is 1. The normalized spacial score (nSPS) is 10.1. The minimum atomic E-state index is -0.275. The Balaban J connectivity index is 1.81. The maximum atomic E-state index is 11.9. The second-order valence-electron chi connectivity index (χ2n) is 4.84. The van der Waals surface area contributed by atoms with Crippen molar-refractivity contribution in [2.45, 2.75) is 0 Å². The first kappa shape index (κ1) is 17.6. The predicted molar refractivity (Wildman–Crippen MR) is 91.7 cm³/mol. The third-order valence-electron chi connectivity index (χ3n) is 3.09. The standard InChI is InChI=1S/C17H21N3O4/c1-22-10-9-18-16-8-7-13(11-19-16)20-17(21)12-24-15-6-4-3-5-14(15)23-2/h3-8,11H,9-10,12H2,1-2H3,(H,18,19)(H,20,21). The lowest BCUT2D eigenvalue weighted by atomic mass is 10.3. The van der Waals surface area contributed by atoms with Crippen molar-refractivity contribution in [1.29, 1.82) is 0 Å². The highest BCUT2D eigenvalue weighted by molar-refractivity contribution is 5.91. The zero-order chi connectivity index (χ0) is 17.2. The average Bonchev–Trinajstić information content (AvgIpc) is 2.62. The van der Waals surface area contributed by atoms with Crippen molar-refractivity contribution in [3.8, 4) is 11.5 Å². The second kappa shape index (κ2) is 9.36. The Morgan fingerprint density at radius 1 is 1.12 bits per heavy atom. The van der Waals surface area contributed by atoms with Gasteiger partial charge in [0.2, 0.25) is 0 Å². The van der Waals surface area contributed by atoms with Gasteiger partial charge in [-0.3, -0.25) is 4.79 Å². The molecule has 2 rings (SSSR count). The van der Waals surface area contributed by atoms with Crippen LogP contribution in [0.5, 0.6) is 11.5 Å². The van der Waals surface area contributed by atoms with Gasteiger partial charge in [0, 0.05) is 13.7 Å². The smallest absolute Gasteiger partial charge is 0.262 e. The average molecular weight is 331 g/mol. The van der Waals surface area contributed by atoms with Gasteiger partial charge in [0.15, 0.2) is 18.1 Å². The molecule has 2 aromatic rings. The van der Waals surface area contributed by atoms with Crippen molar-refractivity contribution in [2.75, 3.05) is 44.6 Å². The molecule has 0 aliphatic carbocycles. The van der Waals surface area contributed by atoms with Crippen LogP contribution in [0.4, 0.5) is 11.5 Å². The summed E-state index contributed by atoms with van der Waals surface area (Å²) in [5.41, 5.74) is 0.598. The minimum Gasteiger partial charge on any atom is -0.493 e. The van der Waals surface area contributed by atoms with Crippen LogP contribution in [0.15, 0.2) is 42.6 Å². The molecule has 0 aliphatic rings. The Hall–Kier alpha value is -2.80. The van der Waals surface area contributed by atoms with Gasteiger partial charge in [0.1, 0.15) is 5.82 Å². The molecule has 0 fully saturated rings. The van der Waals surface area contributed by atoms with Crippen molar-refractivity contribution < 1.29 is 19.0 Å². The summed E-state index contributed by atoms with van der Waals surface area (Å²) in [5, 5.41) is 5.82. The first-order valence-electron chi connectivity index (χ1n) is 7.47. The summed E-state index contributed by atoms with van der Waals surface area (Å²) in [5.74, 6) is 1.54. The predicted octanol–water partition coefficient (Wildman–Crippen LogP) is 2.17. The molecule has 0 unspecified atom stereocenters. The van der Waals surface area contributed by atoms with Crippen molar-refractivity contribution in [2.24, 2.45) is 0 Å². The fourth-order valence-corrected chi connectivity index (χ4v) is 1.93. The zero-order valence-electron chi connectivity index (χ0n) is 13.7. The van der Waals surface area contributed by atoms with Gasteiger partial charge in [-0.15, -0.1) is 0 Å². The van der Waals surface area contributed by atoms with Gasteiger partial charge >= 0.3 is 0 Å². The van der Waals surface area contributed by atoms with E-state index >= 15 is 0 Å². The third-order valence-corrected chi connectivity index (χ3v) is 3.09. The number of rotatable bonds is 9. The summed E-state index contributed by atoms with van der Waals surface area (Å²) < 4.78 is 15.6. The molecule has 1 amide bonds. The van der Waals surface area contributed by atoms with Gasteiger partial charge in [-0.1, -0.05) is 12.1 Å². The van der Waals surface area contributed by atoms with Crippen molar-refractivity contribution in [1.82, 2.24) is 4.98 Å². The molecule has 0 atom stereocenters. The highest BCUT2D eigenvalue weighted by Crippen LogP contribution is 2.25. The number of nitrogens with zero attached hydrogens (tertiary/aromatic N) is 1.